The number of hydrogen-bond acceptors (Lipinski definition) is 5. The van der Waals surface area contributed by atoms with E-state index in [0.717, 1.165) is 0 Å². The number of benzene rings is 2. The molecule has 2 N–H and O–H groups in total. The number of fused-ring (bicyclic) bond motifs is 1. The second-order valence-electron chi connectivity index (χ2n) is 5.93. The molecule has 1 aliphatic heterocycles. The first kappa shape index (κ1) is 15.8. The molecule has 6 heteroatoms. The highest BCUT2D eigenvalue weighted by Gasteiger charge is 2.43. The molecule has 4 rings (SSSR count). The molecule has 126 valence electrons. The normalized spacial score (nSPS) is 18.8. The lowest BCUT2D eigenvalue weighted by molar-refractivity contribution is 0.0897. The van der Waals surface area contributed by atoms with Gasteiger partial charge in [0.25, 0.3) is 0 Å². The van der Waals surface area contributed by atoms with Crippen molar-refractivity contribution in [2.45, 2.75) is 5.92 Å². The molecule has 1 aliphatic carbocycles. The minimum atomic E-state index is -0.968. The Morgan fingerprint density at radius 2 is 1.73 bits per heavy atom. The summed E-state index contributed by atoms with van der Waals surface area (Å²) in [5.41, 5.74) is 6.59. The summed E-state index contributed by atoms with van der Waals surface area (Å²) in [6, 6.07) is 13.8. The van der Waals surface area contributed by atoms with Crippen LogP contribution in [-0.2, 0) is 4.74 Å². The summed E-state index contributed by atoms with van der Waals surface area (Å²) >= 11 is 0. The van der Waals surface area contributed by atoms with Gasteiger partial charge in [-0.25, -0.2) is 4.39 Å². The molecule has 0 spiro atoms. The van der Waals surface area contributed by atoms with E-state index in [4.69, 9.17) is 10.5 Å². The van der Waals surface area contributed by atoms with E-state index < -0.39 is 23.3 Å². The van der Waals surface area contributed by atoms with Crippen LogP contribution in [0.25, 0.3) is 0 Å². The van der Waals surface area contributed by atoms with Crippen LogP contribution in [0.4, 0.5) is 4.39 Å². The van der Waals surface area contributed by atoms with Gasteiger partial charge < -0.3 is 10.5 Å². The largest absolute Gasteiger partial charge is 0.436 e. The van der Waals surface area contributed by atoms with Crippen LogP contribution < -0.4 is 5.73 Å². The SMILES string of the molecule is N#CC1=C(N)OC2=C(C(=O)c3ccccc3C2=O)C1c1cccc(F)c1. The molecule has 0 saturated heterocycles. The van der Waals surface area contributed by atoms with Crippen LogP contribution in [0.3, 0.4) is 0 Å². The molecule has 2 aromatic carbocycles. The second-order valence-corrected chi connectivity index (χ2v) is 5.93. The van der Waals surface area contributed by atoms with Gasteiger partial charge in [-0.15, -0.1) is 0 Å². The number of allylic oxidation sites excluding steroid dienone is 3. The molecule has 1 heterocycles. The standard InChI is InChI=1S/C20H11FN2O3/c21-11-5-3-4-10(8-11)15-14(9-22)20(23)26-19-16(15)17(24)12-6-1-2-7-13(12)18(19)25/h1-8,15H,23H2. The van der Waals surface area contributed by atoms with E-state index in [2.05, 4.69) is 0 Å². The Kier molecular flexibility index (Phi) is 3.44. The molecule has 2 aromatic rings. The van der Waals surface area contributed by atoms with Crippen molar-refractivity contribution >= 4 is 11.6 Å². The smallest absolute Gasteiger partial charge is 0.229 e. The van der Waals surface area contributed by atoms with E-state index in [1.54, 1.807) is 18.2 Å². The van der Waals surface area contributed by atoms with Gasteiger partial charge in [0.05, 0.1) is 11.5 Å². The summed E-state index contributed by atoms with van der Waals surface area (Å²) in [6.07, 6.45) is 0. The summed E-state index contributed by atoms with van der Waals surface area (Å²) in [4.78, 5) is 25.9. The number of carbonyl (C=O) groups excluding carboxylic acids is 2. The number of halogens is 1. The maximum atomic E-state index is 13.8. The van der Waals surface area contributed by atoms with E-state index >= 15 is 0 Å². The van der Waals surface area contributed by atoms with Gasteiger partial charge in [0.15, 0.2) is 11.5 Å². The van der Waals surface area contributed by atoms with Gasteiger partial charge in [0, 0.05) is 11.1 Å². The molecule has 0 fully saturated rings. The first-order chi connectivity index (χ1) is 12.5. The fourth-order valence-corrected chi connectivity index (χ4v) is 3.33. The maximum Gasteiger partial charge on any atom is 0.229 e. The molecular formula is C20H11FN2O3. The van der Waals surface area contributed by atoms with Gasteiger partial charge in [-0.05, 0) is 17.7 Å². The molecule has 0 aromatic heterocycles. The predicted molar refractivity (Wildman–Crippen MR) is 89.2 cm³/mol. The van der Waals surface area contributed by atoms with Crippen LogP contribution in [0.5, 0.6) is 0 Å². The summed E-state index contributed by atoms with van der Waals surface area (Å²) < 4.78 is 19.1. The Morgan fingerprint density at radius 3 is 2.38 bits per heavy atom. The molecule has 2 aliphatic rings. The Hall–Kier alpha value is -3.72. The monoisotopic (exact) mass is 346 g/mol. The highest BCUT2D eigenvalue weighted by molar-refractivity contribution is 6.27. The Bertz CT molecular complexity index is 1090. The number of Topliss-reactive ketones (excluding diaryl/α,β-unsaturated/α-hetero) is 2. The summed E-state index contributed by atoms with van der Waals surface area (Å²) in [5, 5.41) is 9.52. The van der Waals surface area contributed by atoms with E-state index in [1.807, 2.05) is 6.07 Å². The van der Waals surface area contributed by atoms with Gasteiger partial charge in [-0.3, -0.25) is 9.59 Å². The van der Waals surface area contributed by atoms with Crippen molar-refractivity contribution in [3.05, 3.63) is 93.8 Å². The highest BCUT2D eigenvalue weighted by atomic mass is 19.1. The number of rotatable bonds is 1. The summed E-state index contributed by atoms with van der Waals surface area (Å²) in [5.74, 6) is -2.90. The maximum absolute atomic E-state index is 13.8. The van der Waals surface area contributed by atoms with Gasteiger partial charge in [-0.2, -0.15) is 5.26 Å². The van der Waals surface area contributed by atoms with Crippen molar-refractivity contribution in [2.75, 3.05) is 0 Å². The Balaban J connectivity index is 1.99. The average Bonchev–Trinajstić information content (AvgIpc) is 2.65. The number of nitriles is 1. The number of hydrogen-bond donors (Lipinski definition) is 1. The van der Waals surface area contributed by atoms with E-state index in [1.165, 1.54) is 30.3 Å². The van der Waals surface area contributed by atoms with Crippen LogP contribution in [0, 0.1) is 17.1 Å². The van der Waals surface area contributed by atoms with E-state index in [0.29, 0.717) is 5.56 Å². The molecule has 0 amide bonds. The summed E-state index contributed by atoms with van der Waals surface area (Å²) in [7, 11) is 0. The van der Waals surface area contributed by atoms with Gasteiger partial charge in [0.2, 0.25) is 11.7 Å². The fourth-order valence-electron chi connectivity index (χ4n) is 3.33. The highest BCUT2D eigenvalue weighted by Crippen LogP contribution is 2.43. The van der Waals surface area contributed by atoms with Crippen LogP contribution in [0.15, 0.2) is 71.3 Å². The third-order valence-electron chi connectivity index (χ3n) is 4.47. The Labute approximate surface area is 147 Å². The molecule has 1 unspecified atom stereocenters. The van der Waals surface area contributed by atoms with E-state index in [9.17, 15) is 19.2 Å². The topological polar surface area (TPSA) is 93.2 Å². The quantitative estimate of drug-likeness (QED) is 0.857. The molecule has 0 radical (unpaired) electrons. The lowest BCUT2D eigenvalue weighted by Crippen LogP contribution is -2.32. The van der Waals surface area contributed by atoms with Gasteiger partial charge in [0.1, 0.15) is 17.5 Å². The van der Waals surface area contributed by atoms with Crippen LogP contribution in [-0.4, -0.2) is 11.6 Å². The minimum absolute atomic E-state index is 0.00468. The third kappa shape index (κ3) is 2.15. The van der Waals surface area contributed by atoms with Crippen molar-refractivity contribution in [3.8, 4) is 6.07 Å². The Morgan fingerprint density at radius 1 is 1.04 bits per heavy atom. The number of nitrogens with two attached hydrogens (primary N) is 1. The van der Waals surface area contributed by atoms with Crippen molar-refractivity contribution in [2.24, 2.45) is 5.73 Å². The minimum Gasteiger partial charge on any atom is -0.436 e. The van der Waals surface area contributed by atoms with Crippen LogP contribution in [0.1, 0.15) is 32.2 Å². The van der Waals surface area contributed by atoms with Gasteiger partial charge >= 0.3 is 0 Å². The molecule has 1 atom stereocenters. The molecule has 0 bridgehead atoms. The molecule has 26 heavy (non-hydrogen) atoms. The number of carbonyl (C=O) groups is 2. The lowest BCUT2D eigenvalue weighted by Gasteiger charge is -2.30. The molecule has 0 saturated carbocycles. The lowest BCUT2D eigenvalue weighted by atomic mass is 9.75. The first-order valence-corrected chi connectivity index (χ1v) is 7.78. The van der Waals surface area contributed by atoms with Crippen molar-refractivity contribution in [1.29, 1.82) is 5.26 Å². The van der Waals surface area contributed by atoms with Gasteiger partial charge in [-0.1, -0.05) is 36.4 Å². The van der Waals surface area contributed by atoms with Crippen LogP contribution in [0.2, 0.25) is 0 Å². The predicted octanol–water partition coefficient (Wildman–Crippen LogP) is 2.97. The molecular weight excluding hydrogens is 335 g/mol. The first-order valence-electron chi connectivity index (χ1n) is 7.78. The number of nitrogens with zero attached hydrogens (tertiary/aromatic N) is 1. The van der Waals surface area contributed by atoms with Crippen molar-refractivity contribution in [1.82, 2.24) is 0 Å². The zero-order valence-electron chi connectivity index (χ0n) is 13.3. The fraction of sp³-hybridized carbons (Fsp3) is 0.0500. The number of ether oxygens (including phenoxy) is 1. The molecule has 5 nitrogen and oxygen atoms in total. The van der Waals surface area contributed by atoms with Crippen molar-refractivity contribution < 1.29 is 18.7 Å². The zero-order valence-corrected chi connectivity index (χ0v) is 13.3. The van der Waals surface area contributed by atoms with E-state index in [-0.39, 0.29) is 33.9 Å². The van der Waals surface area contributed by atoms with Crippen molar-refractivity contribution in [3.63, 3.8) is 0 Å². The number of ketones is 2. The average molecular weight is 346 g/mol. The summed E-state index contributed by atoms with van der Waals surface area (Å²) in [6.45, 7) is 0. The van der Waals surface area contributed by atoms with Crippen LogP contribution >= 0.6 is 0 Å². The second kappa shape index (κ2) is 5.67. The zero-order chi connectivity index (χ0) is 18.4. The third-order valence-corrected chi connectivity index (χ3v) is 4.47.